The van der Waals surface area contributed by atoms with Gasteiger partial charge in [-0.15, -0.1) is 0 Å². The van der Waals surface area contributed by atoms with E-state index in [0.717, 1.165) is 12.8 Å². The summed E-state index contributed by atoms with van der Waals surface area (Å²) in [6.07, 6.45) is 1.71. The number of amides is 1. The van der Waals surface area contributed by atoms with Gasteiger partial charge in [0.2, 0.25) is 0 Å². The highest BCUT2D eigenvalue weighted by molar-refractivity contribution is 6.34. The number of halogens is 2. The Morgan fingerprint density at radius 3 is 2.81 bits per heavy atom. The Balaban J connectivity index is 2.55. The van der Waals surface area contributed by atoms with Crippen LogP contribution in [0.2, 0.25) is 10.2 Å². The summed E-state index contributed by atoms with van der Waals surface area (Å²) in [6.45, 7) is 1.17. The molecule has 0 aliphatic heterocycles. The van der Waals surface area contributed by atoms with Crippen molar-refractivity contribution in [3.05, 3.63) is 28.0 Å². The van der Waals surface area contributed by atoms with E-state index in [1.165, 1.54) is 6.07 Å². The van der Waals surface area contributed by atoms with E-state index in [-0.39, 0.29) is 16.8 Å². The first-order valence-corrected chi connectivity index (χ1v) is 5.71. The van der Waals surface area contributed by atoms with E-state index in [1.54, 1.807) is 6.07 Å². The first-order chi connectivity index (χ1) is 7.65. The van der Waals surface area contributed by atoms with Gasteiger partial charge in [-0.05, 0) is 31.5 Å². The van der Waals surface area contributed by atoms with Crippen LogP contribution < -0.4 is 11.1 Å². The van der Waals surface area contributed by atoms with Gasteiger partial charge >= 0.3 is 0 Å². The molecule has 88 valence electrons. The maximum Gasteiger partial charge on any atom is 0.271 e. The van der Waals surface area contributed by atoms with E-state index in [9.17, 15) is 4.79 Å². The molecule has 0 aliphatic carbocycles. The third kappa shape index (κ3) is 3.96. The molecule has 16 heavy (non-hydrogen) atoms. The molecular formula is C10H13Cl2N3O. The lowest BCUT2D eigenvalue weighted by Gasteiger charge is -2.05. The molecule has 0 unspecified atom stereocenters. The molecule has 4 nitrogen and oxygen atoms in total. The number of unbranched alkanes of at least 4 members (excludes halogenated alkanes) is 1. The lowest BCUT2D eigenvalue weighted by atomic mass is 10.3. The van der Waals surface area contributed by atoms with Gasteiger partial charge in [-0.1, -0.05) is 23.2 Å². The Morgan fingerprint density at radius 1 is 1.38 bits per heavy atom. The van der Waals surface area contributed by atoms with Crippen molar-refractivity contribution in [2.75, 3.05) is 13.1 Å². The number of nitrogens with zero attached hydrogens (tertiary/aromatic N) is 1. The number of hydrogen-bond acceptors (Lipinski definition) is 3. The van der Waals surface area contributed by atoms with Crippen LogP contribution in [0, 0.1) is 0 Å². The summed E-state index contributed by atoms with van der Waals surface area (Å²) in [5.74, 6) is -0.315. The molecule has 0 radical (unpaired) electrons. The fraction of sp³-hybridized carbons (Fsp3) is 0.400. The summed E-state index contributed by atoms with van der Waals surface area (Å²) in [4.78, 5) is 15.5. The second kappa shape index (κ2) is 6.68. The summed E-state index contributed by atoms with van der Waals surface area (Å²) in [5.41, 5.74) is 5.49. The molecule has 1 rings (SSSR count). The highest BCUT2D eigenvalue weighted by Crippen LogP contribution is 2.16. The zero-order valence-corrected chi connectivity index (χ0v) is 10.2. The summed E-state index contributed by atoms with van der Waals surface area (Å²) >= 11 is 11.5. The molecule has 0 aliphatic rings. The van der Waals surface area contributed by atoms with Crippen molar-refractivity contribution in [3.63, 3.8) is 0 Å². The summed E-state index contributed by atoms with van der Waals surface area (Å²) in [7, 11) is 0. The predicted molar refractivity (Wildman–Crippen MR) is 64.9 cm³/mol. The van der Waals surface area contributed by atoms with Crippen LogP contribution in [-0.2, 0) is 0 Å². The number of rotatable bonds is 5. The Morgan fingerprint density at radius 2 is 2.12 bits per heavy atom. The van der Waals surface area contributed by atoms with Gasteiger partial charge in [0.1, 0.15) is 10.8 Å². The Kier molecular flexibility index (Phi) is 5.52. The van der Waals surface area contributed by atoms with Crippen LogP contribution >= 0.6 is 23.2 Å². The second-order valence-electron chi connectivity index (χ2n) is 3.22. The Labute approximate surface area is 104 Å². The standard InChI is InChI=1S/C10H13Cl2N3O/c11-7-3-4-8(12)15-9(7)10(16)14-6-2-1-5-13/h3-4H,1-2,5-6,13H2,(H,14,16). The molecule has 0 aromatic carbocycles. The van der Waals surface area contributed by atoms with Gasteiger partial charge in [-0.25, -0.2) is 4.98 Å². The van der Waals surface area contributed by atoms with Gasteiger partial charge in [0.15, 0.2) is 0 Å². The lowest BCUT2D eigenvalue weighted by molar-refractivity contribution is 0.0948. The minimum Gasteiger partial charge on any atom is -0.351 e. The average molecular weight is 262 g/mol. The predicted octanol–water partition coefficient (Wildman–Crippen LogP) is 1.86. The van der Waals surface area contributed by atoms with Crippen molar-refractivity contribution >= 4 is 29.1 Å². The van der Waals surface area contributed by atoms with Crippen LogP contribution in [0.25, 0.3) is 0 Å². The SMILES string of the molecule is NCCCCNC(=O)c1nc(Cl)ccc1Cl. The van der Waals surface area contributed by atoms with Crippen LogP contribution in [-0.4, -0.2) is 24.0 Å². The van der Waals surface area contributed by atoms with Crippen LogP contribution in [0.4, 0.5) is 0 Å². The van der Waals surface area contributed by atoms with E-state index < -0.39 is 0 Å². The first kappa shape index (κ1) is 13.2. The molecule has 1 heterocycles. The summed E-state index contributed by atoms with van der Waals surface area (Å²) < 4.78 is 0. The summed E-state index contributed by atoms with van der Waals surface area (Å²) in [5, 5.41) is 3.24. The fourth-order valence-electron chi connectivity index (χ4n) is 1.13. The number of carbonyl (C=O) groups is 1. The first-order valence-electron chi connectivity index (χ1n) is 4.95. The van der Waals surface area contributed by atoms with Gasteiger partial charge < -0.3 is 11.1 Å². The van der Waals surface area contributed by atoms with Crippen LogP contribution in [0.15, 0.2) is 12.1 Å². The number of pyridine rings is 1. The number of carbonyl (C=O) groups excluding carboxylic acids is 1. The van der Waals surface area contributed by atoms with Crippen LogP contribution in [0.1, 0.15) is 23.3 Å². The molecule has 0 atom stereocenters. The van der Waals surface area contributed by atoms with Gasteiger partial charge in [-0.3, -0.25) is 4.79 Å². The van der Waals surface area contributed by atoms with E-state index in [2.05, 4.69) is 10.3 Å². The van der Waals surface area contributed by atoms with Crippen LogP contribution in [0.3, 0.4) is 0 Å². The molecule has 1 amide bonds. The van der Waals surface area contributed by atoms with Gasteiger partial charge in [0, 0.05) is 6.54 Å². The third-order valence-electron chi connectivity index (χ3n) is 1.94. The zero-order valence-electron chi connectivity index (χ0n) is 8.67. The second-order valence-corrected chi connectivity index (χ2v) is 4.01. The van der Waals surface area contributed by atoms with E-state index in [0.29, 0.717) is 18.1 Å². The monoisotopic (exact) mass is 261 g/mol. The average Bonchev–Trinajstić information content (AvgIpc) is 2.27. The summed E-state index contributed by atoms with van der Waals surface area (Å²) in [6, 6.07) is 3.08. The van der Waals surface area contributed by atoms with Crippen molar-refractivity contribution in [1.29, 1.82) is 0 Å². The molecule has 6 heteroatoms. The van der Waals surface area contributed by atoms with E-state index >= 15 is 0 Å². The lowest BCUT2D eigenvalue weighted by Crippen LogP contribution is -2.26. The van der Waals surface area contributed by atoms with Crippen molar-refractivity contribution in [3.8, 4) is 0 Å². The highest BCUT2D eigenvalue weighted by atomic mass is 35.5. The normalized spacial score (nSPS) is 10.2. The fourth-order valence-corrected chi connectivity index (χ4v) is 1.47. The Hall–Kier alpha value is -0.840. The van der Waals surface area contributed by atoms with E-state index in [1.807, 2.05) is 0 Å². The van der Waals surface area contributed by atoms with E-state index in [4.69, 9.17) is 28.9 Å². The smallest absolute Gasteiger partial charge is 0.271 e. The topological polar surface area (TPSA) is 68.0 Å². The number of nitrogens with one attached hydrogen (secondary N) is 1. The molecule has 0 saturated heterocycles. The highest BCUT2D eigenvalue weighted by Gasteiger charge is 2.11. The quantitative estimate of drug-likeness (QED) is 0.628. The maximum absolute atomic E-state index is 11.6. The van der Waals surface area contributed by atoms with Gasteiger partial charge in [0.25, 0.3) is 5.91 Å². The van der Waals surface area contributed by atoms with Crippen molar-refractivity contribution in [2.24, 2.45) is 5.73 Å². The van der Waals surface area contributed by atoms with Gasteiger partial charge in [0.05, 0.1) is 5.02 Å². The minimum atomic E-state index is -0.315. The molecule has 3 N–H and O–H groups in total. The minimum absolute atomic E-state index is 0.155. The molecule has 0 fully saturated rings. The molecule has 0 saturated carbocycles. The van der Waals surface area contributed by atoms with Gasteiger partial charge in [-0.2, -0.15) is 0 Å². The number of aromatic nitrogens is 1. The van der Waals surface area contributed by atoms with Crippen molar-refractivity contribution < 1.29 is 4.79 Å². The molecule has 1 aromatic rings. The number of hydrogen-bond donors (Lipinski definition) is 2. The third-order valence-corrected chi connectivity index (χ3v) is 2.46. The number of nitrogens with two attached hydrogens (primary N) is 1. The molecule has 0 bridgehead atoms. The van der Waals surface area contributed by atoms with Crippen LogP contribution in [0.5, 0.6) is 0 Å². The molecule has 1 aromatic heterocycles. The van der Waals surface area contributed by atoms with Crippen molar-refractivity contribution in [1.82, 2.24) is 10.3 Å². The maximum atomic E-state index is 11.6. The largest absolute Gasteiger partial charge is 0.351 e. The van der Waals surface area contributed by atoms with Crippen molar-refractivity contribution in [2.45, 2.75) is 12.8 Å². The molecular weight excluding hydrogens is 249 g/mol. The zero-order chi connectivity index (χ0) is 12.0. The Bertz CT molecular complexity index is 371. The molecule has 0 spiro atoms.